The number of nitrogens with zero attached hydrogens (tertiary/aromatic N) is 4. The first kappa shape index (κ1) is 89.6. The number of benzene rings is 8. The van der Waals surface area contributed by atoms with Crippen molar-refractivity contribution in [3.63, 3.8) is 0 Å². The van der Waals surface area contributed by atoms with E-state index in [4.69, 9.17) is 9.47 Å². The van der Waals surface area contributed by atoms with Gasteiger partial charge in [0, 0.05) is 66.6 Å². The summed E-state index contributed by atoms with van der Waals surface area (Å²) in [6.45, 7) is 0. The van der Waals surface area contributed by atoms with Crippen LogP contribution in [0, 0.1) is 221 Å². The van der Waals surface area contributed by atoms with Gasteiger partial charge in [-0.3, -0.25) is 9.59 Å². The molecule has 8 aliphatic rings. The molecule has 20 rings (SSSR count). The molecule has 12 heterocycles. The van der Waals surface area contributed by atoms with Crippen LogP contribution >= 0.6 is 0 Å². The molecular formula is C88H16F38N8O4. The number of aromatic nitrogens is 8. The van der Waals surface area contributed by atoms with E-state index in [2.05, 4.69) is 19.9 Å². The molecule has 0 aliphatic carbocycles. The molecule has 698 valence electrons. The summed E-state index contributed by atoms with van der Waals surface area (Å²) in [5.41, 5.74) is -78.8. The number of ketones is 2. The van der Waals surface area contributed by atoms with E-state index in [1.165, 1.54) is 0 Å². The molecule has 0 saturated heterocycles. The zero-order chi connectivity index (χ0) is 99.3. The van der Waals surface area contributed by atoms with Crippen molar-refractivity contribution in [1.82, 2.24) is 39.9 Å². The van der Waals surface area contributed by atoms with Gasteiger partial charge in [0.05, 0.1) is 113 Å². The molecule has 2 atom stereocenters. The molecule has 0 saturated carbocycles. The molecule has 4 N–H and O–H groups in total. The summed E-state index contributed by atoms with van der Waals surface area (Å²) in [6.07, 6.45) is 0.372. The third kappa shape index (κ3) is 11.4. The number of hydrogen-bond acceptors (Lipinski definition) is 8. The Morgan fingerprint density at radius 1 is 0.174 bits per heavy atom. The Hall–Kier alpha value is -16.2. The number of halogens is 38. The zero-order valence-corrected chi connectivity index (χ0v) is 64.7. The Morgan fingerprint density at radius 3 is 0.522 bits per heavy atom. The monoisotopic (exact) mass is 1970 g/mol. The van der Waals surface area contributed by atoms with E-state index in [0.29, 0.717) is 12.1 Å². The van der Waals surface area contributed by atoms with Crippen molar-refractivity contribution in [2.45, 2.75) is 11.2 Å². The molecule has 0 unspecified atom stereocenters. The number of H-pyrrole nitrogens is 4. The molecule has 138 heavy (non-hydrogen) atoms. The van der Waals surface area contributed by atoms with Gasteiger partial charge < -0.3 is 29.4 Å². The molecule has 12 nitrogen and oxygen atoms in total. The van der Waals surface area contributed by atoms with E-state index in [9.17, 15) is 0 Å². The number of aromatic amines is 4. The summed E-state index contributed by atoms with van der Waals surface area (Å²) < 4.78 is 647. The van der Waals surface area contributed by atoms with Crippen molar-refractivity contribution < 1.29 is 186 Å². The third-order valence-electron chi connectivity index (χ3n) is 23.1. The average Bonchev–Trinajstić information content (AvgIpc) is 1.47. The van der Waals surface area contributed by atoms with Crippen LogP contribution in [0.4, 0.5) is 167 Å². The summed E-state index contributed by atoms with van der Waals surface area (Å²) in [5, 5.41) is 0. The van der Waals surface area contributed by atoms with Gasteiger partial charge in [0.25, 0.3) is 11.2 Å². The third-order valence-corrected chi connectivity index (χ3v) is 23.1. The van der Waals surface area contributed by atoms with Crippen LogP contribution < -0.4 is 9.47 Å². The first-order chi connectivity index (χ1) is 65.1. The quantitative estimate of drug-likeness (QED) is 0.0695. The first-order valence-corrected chi connectivity index (χ1v) is 37.4. The summed E-state index contributed by atoms with van der Waals surface area (Å²) in [7, 11) is 0. The lowest BCUT2D eigenvalue weighted by Gasteiger charge is -2.47. The number of rotatable bonds is 7. The Balaban J connectivity index is 1.09. The highest BCUT2D eigenvalue weighted by molar-refractivity contribution is 6.21. The number of carbonyl (C=O) groups is 2. The molecule has 12 aromatic rings. The Kier molecular flexibility index (Phi) is 19.6. The van der Waals surface area contributed by atoms with Crippen LogP contribution in [0.25, 0.3) is 160 Å². The molecule has 4 aromatic heterocycles. The smallest absolute Gasteiger partial charge is 0.265 e. The fourth-order valence-corrected chi connectivity index (χ4v) is 17.1. The lowest BCUT2D eigenvalue weighted by Crippen LogP contribution is -2.64. The normalized spacial score (nSPS) is 15.4. The maximum absolute atomic E-state index is 18.4. The second kappa shape index (κ2) is 30.1. The van der Waals surface area contributed by atoms with Crippen LogP contribution in [0.2, 0.25) is 0 Å². The number of ether oxygens (including phenoxy) is 2. The maximum atomic E-state index is 18.4. The molecule has 16 bridgehead atoms. The fourth-order valence-electron chi connectivity index (χ4n) is 17.1. The highest BCUT2D eigenvalue weighted by Crippen LogP contribution is 2.66. The lowest BCUT2D eigenvalue weighted by molar-refractivity contribution is -0.0833. The van der Waals surface area contributed by atoms with Crippen LogP contribution in [0.5, 0.6) is 11.5 Å². The number of nitrogens with one attached hydrogen (secondary N) is 4. The maximum Gasteiger partial charge on any atom is 0.265 e. The highest BCUT2D eigenvalue weighted by atomic mass is 19.2. The van der Waals surface area contributed by atoms with Gasteiger partial charge in [-0.1, -0.05) is 0 Å². The Morgan fingerprint density at radius 2 is 0.326 bits per heavy atom. The molecule has 8 aliphatic heterocycles. The molecule has 0 spiro atoms. The molecule has 50 heteroatoms. The Bertz CT molecular complexity index is 7920. The highest BCUT2D eigenvalue weighted by Gasteiger charge is 2.77. The van der Waals surface area contributed by atoms with Gasteiger partial charge >= 0.3 is 0 Å². The molecule has 8 aromatic carbocycles. The van der Waals surface area contributed by atoms with Crippen molar-refractivity contribution in [2.75, 3.05) is 0 Å². The predicted molar refractivity (Wildman–Crippen MR) is 395 cm³/mol. The van der Waals surface area contributed by atoms with Crippen molar-refractivity contribution in [2.24, 2.45) is 0 Å². The van der Waals surface area contributed by atoms with E-state index in [0.717, 1.165) is 0 Å². The Labute approximate surface area is 731 Å². The van der Waals surface area contributed by atoms with E-state index in [1.54, 1.807) is 9.97 Å². The lowest BCUT2D eigenvalue weighted by atomic mass is 9.67. The van der Waals surface area contributed by atoms with Gasteiger partial charge in [0.1, 0.15) is 0 Å². The van der Waals surface area contributed by atoms with Crippen LogP contribution in [0.15, 0.2) is 24.3 Å². The minimum absolute atomic E-state index is 0.0273. The van der Waals surface area contributed by atoms with E-state index >= 15 is 176 Å². The van der Waals surface area contributed by atoms with Gasteiger partial charge in [-0.05, 0) is 72.9 Å². The van der Waals surface area contributed by atoms with Crippen LogP contribution in [-0.2, 0) is 11.2 Å². The number of hydrogen-bond donors (Lipinski definition) is 4. The fraction of sp³-hybridized carbons (Fsp3) is 0.0227. The topological polar surface area (TPSA) is 167 Å². The van der Waals surface area contributed by atoms with Gasteiger partial charge in [-0.2, -0.15) is 8.78 Å². The zero-order valence-electron chi connectivity index (χ0n) is 64.7. The molecule has 0 amide bonds. The second-order valence-corrected chi connectivity index (χ2v) is 30.0. The van der Waals surface area contributed by atoms with Crippen LogP contribution in [-0.4, -0.2) is 51.4 Å². The van der Waals surface area contributed by atoms with Gasteiger partial charge in [-0.25, -0.2) is 178 Å². The summed E-state index contributed by atoms with van der Waals surface area (Å²) >= 11 is 0. The predicted octanol–water partition coefficient (Wildman–Crippen LogP) is 25.3. The van der Waals surface area contributed by atoms with Crippen LogP contribution in [0.1, 0.15) is 77.9 Å². The van der Waals surface area contributed by atoms with Crippen molar-refractivity contribution in [1.29, 1.82) is 0 Å². The number of fused-ring (bicyclic) bond motifs is 21. The molecule has 0 fully saturated rings. The average molecular weight is 1970 g/mol. The summed E-state index contributed by atoms with van der Waals surface area (Å²) in [4.78, 5) is 59.2. The van der Waals surface area contributed by atoms with E-state index < -0.39 is 435 Å². The second-order valence-electron chi connectivity index (χ2n) is 30.0. The summed E-state index contributed by atoms with van der Waals surface area (Å²) in [5.74, 6) is -132. The minimum Gasteiger partial charge on any atom is -0.463 e. The van der Waals surface area contributed by atoms with Crippen molar-refractivity contribution in [3.05, 3.63) is 314 Å². The SMILES string of the molecule is O=C1c2[nH]c3c(c4nc(c(-c5c(F)c(F)c(F)c(F)c5F)c5ccc([nH]5)c(-c5c(F)c(F)c(F)c(F)c5F)c5nc(c2-c2c(F)c(F)c(F)c(F)c2F)C=C5)C=C4)-c2c(F)c(F)c(F)c(F)c2O[C@]13[C@]12Oc3c(F)c(F)c(F)c(F)c3-c3c4nc(c(-c5c(F)c(F)c(F)c(F)c5F)c5ccc([nH]5)c(-c5c(F)c(F)c(F)c(F)c5F)c5nc(c(-c6c(F)c(F)c(F)c(F)c6F)c([nH]c31)C2=O)C=C5)C=C4. The standard InChI is InChI=1S/C88H16F38N8O4/c89-41-33(42(90)56(104)69(117)55(41)103)25-13-1-3-15(127-13)27(35-45(93)59(107)71(119)60(108)46(35)94)19-7-11-23(131-19)31-39-53(101)67(115)75(123)77(125)81(39)137-87(83(31)133-79(85(87)135)29(21-9-5-17(25)129-21)37-49(97)63(111)73(121)64(112)50(37)98)88-84-32(40-54(102)68(116)76(124)78(126)82(40)138-88)24-12-8-20(132-24)28(36-47(95)61(109)72(120)62(110)48(36)96)16-4-2-14(128-16)26(34-43(91)57(105)70(118)58(106)44(34)92)18-6-10-22(130-18)30(80(134-84)86(88)136)38-51(99)65(113)74(122)66(114)52(38)100/h1-12,127-128,133-134H/t87-,88-/m0/s1. The first-order valence-electron chi connectivity index (χ1n) is 37.4. The van der Waals surface area contributed by atoms with Crippen LogP contribution in [0.3, 0.4) is 0 Å². The van der Waals surface area contributed by atoms with E-state index in [-0.39, 0.29) is 60.7 Å². The van der Waals surface area contributed by atoms with Gasteiger partial charge in [-0.15, -0.1) is 0 Å². The van der Waals surface area contributed by atoms with Crippen molar-refractivity contribution >= 4 is 82.2 Å². The van der Waals surface area contributed by atoms with Gasteiger partial charge in [0.2, 0.25) is 69.7 Å². The molecule has 0 radical (unpaired) electrons. The minimum atomic E-state index is -5.63. The van der Waals surface area contributed by atoms with Crippen molar-refractivity contribution in [3.8, 4) is 101 Å². The van der Waals surface area contributed by atoms with Gasteiger partial charge in [0.15, 0.2) is 174 Å². The number of carbonyl (C=O) groups excluding carboxylic acids is 2. The largest absolute Gasteiger partial charge is 0.463 e. The van der Waals surface area contributed by atoms with E-state index in [1.807, 2.05) is 9.97 Å². The molecular weight excluding hydrogens is 1950 g/mol. The summed E-state index contributed by atoms with van der Waals surface area (Å²) in [6, 6.07) is 1.18. The number of Topliss-reactive ketones (excluding diaryl/α,β-unsaturated/α-hetero) is 2.